The predicted octanol–water partition coefficient (Wildman–Crippen LogP) is 4.64. The SMILES string of the molecule is O=c1c(Br)cc(Br)cn1CC1(CS)CCCCCC1. The molecule has 19 heavy (non-hydrogen) atoms. The summed E-state index contributed by atoms with van der Waals surface area (Å²) < 4.78 is 3.38. The van der Waals surface area contributed by atoms with Crippen molar-refractivity contribution >= 4 is 44.5 Å². The Balaban J connectivity index is 2.29. The van der Waals surface area contributed by atoms with Crippen LogP contribution in [0.4, 0.5) is 0 Å². The first-order valence-corrected chi connectivity index (χ1v) is 8.95. The van der Waals surface area contributed by atoms with Gasteiger partial charge in [0.05, 0.1) is 4.47 Å². The zero-order chi connectivity index (χ0) is 13.9. The van der Waals surface area contributed by atoms with Crippen LogP contribution in [-0.4, -0.2) is 10.3 Å². The summed E-state index contributed by atoms with van der Waals surface area (Å²) >= 11 is 11.4. The molecule has 5 heteroatoms. The van der Waals surface area contributed by atoms with E-state index in [1.807, 2.05) is 10.8 Å². The van der Waals surface area contributed by atoms with E-state index in [2.05, 4.69) is 44.5 Å². The van der Waals surface area contributed by atoms with Crippen molar-refractivity contribution in [3.05, 3.63) is 31.6 Å². The molecule has 1 aliphatic carbocycles. The van der Waals surface area contributed by atoms with Gasteiger partial charge >= 0.3 is 0 Å². The van der Waals surface area contributed by atoms with Gasteiger partial charge in [-0.1, -0.05) is 25.7 Å². The van der Waals surface area contributed by atoms with Gasteiger partial charge in [-0.3, -0.25) is 4.79 Å². The molecule has 0 saturated heterocycles. The smallest absolute Gasteiger partial charge is 0.264 e. The second-order valence-corrected chi connectivity index (χ2v) is 7.60. The minimum atomic E-state index is 0.0496. The lowest BCUT2D eigenvalue weighted by atomic mass is 9.82. The molecule has 1 fully saturated rings. The van der Waals surface area contributed by atoms with E-state index in [4.69, 9.17) is 0 Å². The van der Waals surface area contributed by atoms with Gasteiger partial charge in [-0.2, -0.15) is 12.6 Å². The van der Waals surface area contributed by atoms with E-state index in [0.717, 1.165) is 16.8 Å². The van der Waals surface area contributed by atoms with Crippen molar-refractivity contribution in [3.63, 3.8) is 0 Å². The van der Waals surface area contributed by atoms with E-state index in [1.54, 1.807) is 6.07 Å². The van der Waals surface area contributed by atoms with Crippen LogP contribution in [0.25, 0.3) is 0 Å². The summed E-state index contributed by atoms with van der Waals surface area (Å²) in [7, 11) is 0. The molecule has 1 aliphatic rings. The second-order valence-electron chi connectivity index (χ2n) is 5.51. The Kier molecular flexibility index (Phi) is 5.61. The first-order chi connectivity index (χ1) is 9.06. The molecular formula is C14H19Br2NOS. The standard InChI is InChI=1S/C14H19Br2NOS/c15-11-7-12(16)13(18)17(8-11)9-14(10-19)5-3-1-2-4-6-14/h7-8,19H,1-6,9-10H2. The van der Waals surface area contributed by atoms with Crippen molar-refractivity contribution in [1.29, 1.82) is 0 Å². The zero-order valence-corrected chi connectivity index (χ0v) is 14.9. The molecule has 0 aromatic carbocycles. The van der Waals surface area contributed by atoms with Crippen LogP contribution in [0.5, 0.6) is 0 Å². The number of thiol groups is 1. The van der Waals surface area contributed by atoms with Gasteiger partial charge in [-0.15, -0.1) is 0 Å². The Bertz CT molecular complexity index is 493. The minimum Gasteiger partial charge on any atom is -0.313 e. The van der Waals surface area contributed by atoms with Crippen LogP contribution in [0, 0.1) is 5.41 Å². The first kappa shape index (κ1) is 15.6. The lowest BCUT2D eigenvalue weighted by Crippen LogP contribution is -2.33. The van der Waals surface area contributed by atoms with Crippen molar-refractivity contribution in [2.75, 3.05) is 5.75 Å². The summed E-state index contributed by atoms with van der Waals surface area (Å²) in [5.41, 5.74) is 0.220. The molecule has 1 heterocycles. The third kappa shape index (κ3) is 3.88. The summed E-state index contributed by atoms with van der Waals surface area (Å²) in [6, 6.07) is 1.80. The number of hydrogen-bond donors (Lipinski definition) is 1. The molecule has 1 aromatic heterocycles. The molecule has 2 nitrogen and oxygen atoms in total. The Morgan fingerprint density at radius 1 is 1.21 bits per heavy atom. The molecule has 0 N–H and O–H groups in total. The Morgan fingerprint density at radius 2 is 1.84 bits per heavy atom. The minimum absolute atomic E-state index is 0.0496. The highest BCUT2D eigenvalue weighted by atomic mass is 79.9. The van der Waals surface area contributed by atoms with Gasteiger partial charge in [0.15, 0.2) is 0 Å². The van der Waals surface area contributed by atoms with Crippen LogP contribution in [-0.2, 0) is 6.54 Å². The van der Waals surface area contributed by atoms with Crippen molar-refractivity contribution in [3.8, 4) is 0 Å². The molecule has 1 saturated carbocycles. The third-order valence-electron chi connectivity index (χ3n) is 4.01. The Hall–Kier alpha value is 0.260. The van der Waals surface area contributed by atoms with Crippen LogP contribution >= 0.6 is 44.5 Å². The van der Waals surface area contributed by atoms with Crippen molar-refractivity contribution in [2.24, 2.45) is 5.41 Å². The maximum absolute atomic E-state index is 12.2. The van der Waals surface area contributed by atoms with Crippen LogP contribution < -0.4 is 5.56 Å². The predicted molar refractivity (Wildman–Crippen MR) is 90.1 cm³/mol. The van der Waals surface area contributed by atoms with E-state index in [-0.39, 0.29) is 11.0 Å². The molecule has 0 aliphatic heterocycles. The molecule has 1 aromatic rings. The molecule has 0 bridgehead atoms. The lowest BCUT2D eigenvalue weighted by molar-refractivity contribution is 0.237. The number of nitrogens with zero attached hydrogens (tertiary/aromatic N) is 1. The van der Waals surface area contributed by atoms with Gasteiger partial charge < -0.3 is 4.57 Å². The van der Waals surface area contributed by atoms with E-state index >= 15 is 0 Å². The Labute approximate surface area is 136 Å². The molecule has 0 unspecified atom stereocenters. The zero-order valence-electron chi connectivity index (χ0n) is 10.9. The fraction of sp³-hybridized carbons (Fsp3) is 0.643. The number of hydrogen-bond acceptors (Lipinski definition) is 2. The number of pyridine rings is 1. The average Bonchev–Trinajstić information content (AvgIpc) is 2.61. The van der Waals surface area contributed by atoms with E-state index in [9.17, 15) is 4.79 Å². The number of halogens is 2. The number of aromatic nitrogens is 1. The van der Waals surface area contributed by atoms with Gasteiger partial charge in [-0.25, -0.2) is 0 Å². The van der Waals surface area contributed by atoms with Crippen molar-refractivity contribution < 1.29 is 0 Å². The van der Waals surface area contributed by atoms with Gasteiger partial charge in [0, 0.05) is 17.2 Å². The fourth-order valence-corrected chi connectivity index (χ4v) is 4.56. The normalized spacial score (nSPS) is 19.1. The molecule has 0 amide bonds. The highest BCUT2D eigenvalue weighted by Gasteiger charge is 2.30. The van der Waals surface area contributed by atoms with Gasteiger partial charge in [0.25, 0.3) is 5.56 Å². The monoisotopic (exact) mass is 407 g/mol. The fourth-order valence-electron chi connectivity index (χ4n) is 2.89. The number of rotatable bonds is 3. The molecule has 0 spiro atoms. The van der Waals surface area contributed by atoms with E-state index in [0.29, 0.717) is 4.47 Å². The van der Waals surface area contributed by atoms with Gasteiger partial charge in [-0.05, 0) is 61.9 Å². The van der Waals surface area contributed by atoms with Gasteiger partial charge in [0.2, 0.25) is 0 Å². The largest absolute Gasteiger partial charge is 0.313 e. The second kappa shape index (κ2) is 6.81. The Morgan fingerprint density at radius 3 is 2.42 bits per heavy atom. The van der Waals surface area contributed by atoms with Crippen LogP contribution in [0.2, 0.25) is 0 Å². The van der Waals surface area contributed by atoms with Crippen molar-refractivity contribution in [1.82, 2.24) is 4.57 Å². The topological polar surface area (TPSA) is 22.0 Å². The average molecular weight is 409 g/mol. The summed E-state index contributed by atoms with van der Waals surface area (Å²) in [5, 5.41) is 0. The molecule has 106 valence electrons. The maximum Gasteiger partial charge on any atom is 0.264 e. The van der Waals surface area contributed by atoms with Gasteiger partial charge in [0.1, 0.15) is 0 Å². The van der Waals surface area contributed by atoms with Crippen LogP contribution in [0.15, 0.2) is 26.0 Å². The van der Waals surface area contributed by atoms with Crippen molar-refractivity contribution in [2.45, 2.75) is 45.1 Å². The summed E-state index contributed by atoms with van der Waals surface area (Å²) in [4.78, 5) is 12.2. The summed E-state index contributed by atoms with van der Waals surface area (Å²) in [6.07, 6.45) is 9.37. The first-order valence-electron chi connectivity index (χ1n) is 6.73. The molecule has 0 radical (unpaired) electrons. The third-order valence-corrected chi connectivity index (χ3v) is 5.69. The lowest BCUT2D eigenvalue weighted by Gasteiger charge is -2.32. The maximum atomic E-state index is 12.2. The van der Waals surface area contributed by atoms with Crippen LogP contribution in [0.1, 0.15) is 38.5 Å². The highest BCUT2D eigenvalue weighted by molar-refractivity contribution is 9.11. The quantitative estimate of drug-likeness (QED) is 0.570. The summed E-state index contributed by atoms with van der Waals surface area (Å²) in [5.74, 6) is 0.851. The molecule has 2 rings (SSSR count). The van der Waals surface area contributed by atoms with Crippen LogP contribution in [0.3, 0.4) is 0 Å². The van der Waals surface area contributed by atoms with E-state index in [1.165, 1.54) is 38.5 Å². The molecule has 0 atom stereocenters. The van der Waals surface area contributed by atoms with E-state index < -0.39 is 0 Å². The highest BCUT2D eigenvalue weighted by Crippen LogP contribution is 2.37. The summed E-state index contributed by atoms with van der Waals surface area (Å²) in [6.45, 7) is 0.771. The molecular weight excluding hydrogens is 390 g/mol.